The van der Waals surface area contributed by atoms with Gasteiger partial charge in [0.2, 0.25) is 0 Å². The molecule has 0 bridgehead atoms. The molecule has 3 nitrogen and oxygen atoms in total. The Hall–Kier alpha value is -0.570. The van der Waals surface area contributed by atoms with E-state index in [2.05, 4.69) is 0 Å². The molecule has 0 aliphatic rings. The van der Waals surface area contributed by atoms with Gasteiger partial charge in [-0.2, -0.15) is 0 Å². The van der Waals surface area contributed by atoms with E-state index in [4.69, 9.17) is 10.8 Å². The van der Waals surface area contributed by atoms with Crippen LogP contribution in [0.5, 0.6) is 0 Å². The zero-order chi connectivity index (χ0) is 5.86. The van der Waals surface area contributed by atoms with Crippen LogP contribution in [-0.2, 0) is 4.79 Å². The Bertz CT molecular complexity index is 72.1. The van der Waals surface area contributed by atoms with Gasteiger partial charge in [0.1, 0.15) is 6.04 Å². The zero-order valence-corrected chi connectivity index (χ0v) is 4.09. The number of hydrogen-bond acceptors (Lipinski definition) is 2. The first-order valence-corrected chi connectivity index (χ1v) is 1.96. The maximum absolute atomic E-state index is 9.77. The van der Waals surface area contributed by atoms with Gasteiger partial charge in [0.25, 0.3) is 0 Å². The minimum atomic E-state index is -0.984. The zero-order valence-electron chi connectivity index (χ0n) is 4.09. The Labute approximate surface area is 42.1 Å². The Morgan fingerprint density at radius 2 is 2.43 bits per heavy atom. The highest BCUT2D eigenvalue weighted by molar-refractivity contribution is 5.74. The molecular formula is C4H8NO2. The van der Waals surface area contributed by atoms with Crippen molar-refractivity contribution in [2.75, 3.05) is 0 Å². The van der Waals surface area contributed by atoms with Gasteiger partial charge in [0.05, 0.1) is 0 Å². The molecule has 3 heteroatoms. The lowest BCUT2D eigenvalue weighted by Crippen LogP contribution is -2.29. The summed E-state index contributed by atoms with van der Waals surface area (Å²) in [6.07, 6.45) is 1.42. The summed E-state index contributed by atoms with van der Waals surface area (Å²) in [5, 5.41) is 8.03. The maximum atomic E-state index is 9.77. The number of aliphatic carboxylic acids is 1. The first-order chi connectivity index (χ1) is 3.18. The summed E-state index contributed by atoms with van der Waals surface area (Å²) in [6.45, 7) is 1.61. The topological polar surface area (TPSA) is 63.3 Å². The summed E-state index contributed by atoms with van der Waals surface area (Å²) >= 11 is 0. The third-order valence-electron chi connectivity index (χ3n) is 0.644. The number of carbonyl (C=O) groups is 1. The molecule has 1 radical (unpaired) electrons. The third kappa shape index (κ3) is 2.17. The lowest BCUT2D eigenvalue weighted by molar-refractivity contribution is -0.137. The van der Waals surface area contributed by atoms with Crippen LogP contribution >= 0.6 is 0 Å². The number of carboxylic acids is 1. The standard InChI is InChI=1S/C4H8NO2/c1-2-3(5)4(6)7/h2-3H,5H2,1H3,(H,6,7). The first kappa shape index (κ1) is 6.43. The highest BCUT2D eigenvalue weighted by Crippen LogP contribution is 1.80. The number of rotatable bonds is 2. The summed E-state index contributed by atoms with van der Waals surface area (Å²) in [7, 11) is 0. The monoisotopic (exact) mass is 102 g/mol. The lowest BCUT2D eigenvalue weighted by atomic mass is 10.2. The van der Waals surface area contributed by atoms with Crippen LogP contribution in [0.2, 0.25) is 0 Å². The van der Waals surface area contributed by atoms with Gasteiger partial charge in [-0.3, -0.25) is 4.79 Å². The van der Waals surface area contributed by atoms with Crippen LogP contribution in [0, 0.1) is 6.42 Å². The summed E-state index contributed by atoms with van der Waals surface area (Å²) in [4.78, 5) is 9.77. The highest BCUT2D eigenvalue weighted by Gasteiger charge is 2.05. The predicted octanol–water partition coefficient (Wildman–Crippen LogP) is -0.378. The van der Waals surface area contributed by atoms with E-state index in [1.807, 2.05) is 0 Å². The van der Waals surface area contributed by atoms with E-state index in [0.717, 1.165) is 0 Å². The van der Waals surface area contributed by atoms with Crippen molar-refractivity contribution in [2.45, 2.75) is 13.0 Å². The molecule has 3 N–H and O–H groups in total. The van der Waals surface area contributed by atoms with Gasteiger partial charge in [0.15, 0.2) is 0 Å². The molecular weight excluding hydrogens is 94.0 g/mol. The Balaban J connectivity index is 3.34. The molecule has 0 aliphatic heterocycles. The predicted molar refractivity (Wildman–Crippen MR) is 25.6 cm³/mol. The molecule has 1 unspecified atom stereocenters. The van der Waals surface area contributed by atoms with Crippen LogP contribution in [0.4, 0.5) is 0 Å². The van der Waals surface area contributed by atoms with Gasteiger partial charge >= 0.3 is 5.97 Å². The van der Waals surface area contributed by atoms with Gasteiger partial charge < -0.3 is 10.8 Å². The Morgan fingerprint density at radius 3 is 2.43 bits per heavy atom. The van der Waals surface area contributed by atoms with Crippen LogP contribution in [0.3, 0.4) is 0 Å². The van der Waals surface area contributed by atoms with Crippen molar-refractivity contribution in [1.29, 1.82) is 0 Å². The van der Waals surface area contributed by atoms with Crippen LogP contribution in [0.15, 0.2) is 0 Å². The minimum Gasteiger partial charge on any atom is -0.480 e. The Kier molecular flexibility index (Phi) is 2.37. The average molecular weight is 102 g/mol. The summed E-state index contributed by atoms with van der Waals surface area (Å²) < 4.78 is 0. The van der Waals surface area contributed by atoms with Gasteiger partial charge in [-0.1, -0.05) is 6.92 Å². The fourth-order valence-corrected chi connectivity index (χ4v) is 0.143. The van der Waals surface area contributed by atoms with Crippen molar-refractivity contribution >= 4 is 5.97 Å². The molecule has 0 aromatic heterocycles. The number of hydrogen-bond donors (Lipinski definition) is 2. The molecule has 0 spiro atoms. The van der Waals surface area contributed by atoms with E-state index in [-0.39, 0.29) is 0 Å². The van der Waals surface area contributed by atoms with Crippen LogP contribution in [0.25, 0.3) is 0 Å². The van der Waals surface area contributed by atoms with Crippen LogP contribution in [-0.4, -0.2) is 17.1 Å². The fraction of sp³-hybridized carbons (Fsp3) is 0.500. The SMILES string of the molecule is C[CH]C(N)C(=O)O. The first-order valence-electron chi connectivity index (χ1n) is 1.96. The van der Waals surface area contributed by atoms with Crippen molar-refractivity contribution in [2.24, 2.45) is 5.73 Å². The lowest BCUT2D eigenvalue weighted by Gasteiger charge is -1.96. The van der Waals surface area contributed by atoms with Crippen LogP contribution < -0.4 is 5.73 Å². The van der Waals surface area contributed by atoms with Gasteiger partial charge in [-0.15, -0.1) is 0 Å². The highest BCUT2D eigenvalue weighted by atomic mass is 16.4. The molecule has 0 saturated heterocycles. The van der Waals surface area contributed by atoms with E-state index >= 15 is 0 Å². The van der Waals surface area contributed by atoms with E-state index in [1.54, 1.807) is 6.92 Å². The second-order valence-corrected chi connectivity index (χ2v) is 1.20. The van der Waals surface area contributed by atoms with E-state index in [0.29, 0.717) is 0 Å². The molecule has 41 valence electrons. The smallest absolute Gasteiger partial charge is 0.320 e. The number of carboxylic acid groups (broad SMARTS) is 1. The summed E-state index contributed by atoms with van der Waals surface area (Å²) in [5.74, 6) is -0.984. The second-order valence-electron chi connectivity index (χ2n) is 1.20. The molecule has 0 heterocycles. The normalized spacial score (nSPS) is 13.4. The third-order valence-corrected chi connectivity index (χ3v) is 0.644. The quantitative estimate of drug-likeness (QED) is 0.499. The Morgan fingerprint density at radius 1 is 2.00 bits per heavy atom. The molecule has 0 amide bonds. The average Bonchev–Trinajstić information content (AvgIpc) is 1.65. The molecule has 0 aromatic carbocycles. The largest absolute Gasteiger partial charge is 0.480 e. The molecule has 7 heavy (non-hydrogen) atoms. The van der Waals surface area contributed by atoms with E-state index < -0.39 is 12.0 Å². The molecule has 0 fully saturated rings. The minimum absolute atomic E-state index is 0.806. The van der Waals surface area contributed by atoms with E-state index in [1.165, 1.54) is 6.42 Å². The summed E-state index contributed by atoms with van der Waals surface area (Å²) in [5.41, 5.74) is 4.96. The van der Waals surface area contributed by atoms with Crippen molar-refractivity contribution in [3.05, 3.63) is 6.42 Å². The summed E-state index contributed by atoms with van der Waals surface area (Å²) in [6, 6.07) is -0.806. The molecule has 0 rings (SSSR count). The van der Waals surface area contributed by atoms with Crippen LogP contribution in [0.1, 0.15) is 6.92 Å². The van der Waals surface area contributed by atoms with Crippen molar-refractivity contribution in [3.63, 3.8) is 0 Å². The number of nitrogens with two attached hydrogens (primary N) is 1. The molecule has 1 atom stereocenters. The molecule has 0 aliphatic carbocycles. The fourth-order valence-electron chi connectivity index (χ4n) is 0.143. The van der Waals surface area contributed by atoms with Gasteiger partial charge in [-0.05, 0) is 6.42 Å². The van der Waals surface area contributed by atoms with Crippen molar-refractivity contribution in [1.82, 2.24) is 0 Å². The van der Waals surface area contributed by atoms with E-state index in [9.17, 15) is 4.79 Å². The second kappa shape index (κ2) is 2.58. The molecule has 0 saturated carbocycles. The van der Waals surface area contributed by atoms with Crippen molar-refractivity contribution < 1.29 is 9.90 Å². The van der Waals surface area contributed by atoms with Crippen molar-refractivity contribution in [3.8, 4) is 0 Å². The van der Waals surface area contributed by atoms with Gasteiger partial charge in [-0.25, -0.2) is 0 Å². The van der Waals surface area contributed by atoms with Gasteiger partial charge in [0, 0.05) is 0 Å². The maximum Gasteiger partial charge on any atom is 0.320 e. The molecule has 0 aromatic rings.